The number of benzene rings is 1. The van der Waals surface area contributed by atoms with Gasteiger partial charge in [-0.15, -0.1) is 0 Å². The molecule has 14 nitrogen and oxygen atoms in total. The van der Waals surface area contributed by atoms with E-state index in [0.717, 1.165) is 5.56 Å². The van der Waals surface area contributed by atoms with E-state index < -0.39 is 42.5 Å². The fourth-order valence-corrected chi connectivity index (χ4v) is 4.33. The van der Waals surface area contributed by atoms with E-state index in [9.17, 15) is 24.9 Å². The molecule has 1 aromatic carbocycles. The highest BCUT2D eigenvalue weighted by atomic mass is 16.6. The van der Waals surface area contributed by atoms with Crippen LogP contribution in [0.1, 0.15) is 28.6 Å². The molecule has 14 heteroatoms. The molecule has 9 N–H and O–H groups in total. The summed E-state index contributed by atoms with van der Waals surface area (Å²) in [5.41, 5.74) is 18.9. The van der Waals surface area contributed by atoms with E-state index in [1.807, 2.05) is 11.0 Å². The Morgan fingerprint density at radius 2 is 1.95 bits per heavy atom. The maximum Gasteiger partial charge on any atom is 0.320 e. The topological polar surface area (TPSA) is 229 Å². The minimum absolute atomic E-state index is 0.161. The van der Waals surface area contributed by atoms with Crippen LogP contribution in [-0.2, 0) is 16.0 Å². The van der Waals surface area contributed by atoms with Crippen LogP contribution < -0.4 is 17.2 Å². The standard InChI is InChI=1S/C23H30N8O6/c24-14(23(35)36)5-7-30(6-4-12-2-1-3-13(8-12)20(26)34)9-15-17(32)18(33)22(37-15)31-11-29-16-19(25)27-10-28-21(16)31/h1-3,8,10-11,14-15,17-18,22,32-33H,4-7,9,24H2,(H2,26,34)(H,35,36)(H2,25,27,28)/t14-,15+,17+,18+,22+/m0/s1. The zero-order valence-corrected chi connectivity index (χ0v) is 19.9. The van der Waals surface area contributed by atoms with Crippen molar-refractivity contribution in [2.75, 3.05) is 25.4 Å². The Labute approximate surface area is 211 Å². The van der Waals surface area contributed by atoms with Gasteiger partial charge in [-0.3, -0.25) is 14.2 Å². The predicted molar refractivity (Wildman–Crippen MR) is 131 cm³/mol. The normalized spacial score (nSPS) is 22.5. The number of anilines is 1. The Kier molecular flexibility index (Phi) is 7.94. The van der Waals surface area contributed by atoms with Crippen LogP contribution in [0.2, 0.25) is 0 Å². The van der Waals surface area contributed by atoms with Crippen LogP contribution in [0.25, 0.3) is 11.2 Å². The molecular weight excluding hydrogens is 484 g/mol. The summed E-state index contributed by atoms with van der Waals surface area (Å²) in [5, 5.41) is 30.7. The van der Waals surface area contributed by atoms with E-state index in [0.29, 0.717) is 36.2 Å². The summed E-state index contributed by atoms with van der Waals surface area (Å²) in [4.78, 5) is 36.9. The number of imidazole rings is 1. The number of ether oxygens (including phenoxy) is 1. The summed E-state index contributed by atoms with van der Waals surface area (Å²) in [7, 11) is 0. The average molecular weight is 515 g/mol. The number of aliphatic carboxylic acids is 1. The molecule has 0 saturated carbocycles. The molecule has 0 radical (unpaired) electrons. The van der Waals surface area contributed by atoms with Gasteiger partial charge in [0.1, 0.15) is 36.2 Å². The second kappa shape index (κ2) is 11.1. The number of carbonyl (C=O) groups excluding carboxylic acids is 1. The van der Waals surface area contributed by atoms with Crippen LogP contribution in [0.5, 0.6) is 0 Å². The minimum atomic E-state index is -1.28. The van der Waals surface area contributed by atoms with Crippen molar-refractivity contribution in [3.63, 3.8) is 0 Å². The van der Waals surface area contributed by atoms with Crippen LogP contribution in [-0.4, -0.2) is 95.6 Å². The number of nitrogen functional groups attached to an aromatic ring is 1. The maximum absolute atomic E-state index is 11.5. The summed E-state index contributed by atoms with van der Waals surface area (Å²) in [6.45, 7) is 0.925. The highest BCUT2D eigenvalue weighted by Gasteiger charge is 2.44. The molecule has 5 atom stereocenters. The van der Waals surface area contributed by atoms with Crippen molar-refractivity contribution in [1.82, 2.24) is 24.4 Å². The van der Waals surface area contributed by atoms with E-state index in [4.69, 9.17) is 21.9 Å². The molecular formula is C23H30N8O6. The Morgan fingerprint density at radius 1 is 1.16 bits per heavy atom. The second-order valence-electron chi connectivity index (χ2n) is 8.98. The monoisotopic (exact) mass is 514 g/mol. The fraction of sp³-hybridized carbons (Fsp3) is 0.435. The lowest BCUT2D eigenvalue weighted by atomic mass is 10.1. The molecule has 3 heterocycles. The van der Waals surface area contributed by atoms with Crippen LogP contribution >= 0.6 is 0 Å². The number of aromatic nitrogens is 4. The Balaban J connectivity index is 1.49. The molecule has 1 fully saturated rings. The molecule has 1 saturated heterocycles. The van der Waals surface area contributed by atoms with Gasteiger partial charge in [0.2, 0.25) is 5.91 Å². The largest absolute Gasteiger partial charge is 0.480 e. The van der Waals surface area contributed by atoms with Gasteiger partial charge >= 0.3 is 5.97 Å². The number of aliphatic hydroxyl groups is 2. The summed E-state index contributed by atoms with van der Waals surface area (Å²) < 4.78 is 7.52. The third-order valence-electron chi connectivity index (χ3n) is 6.44. The molecule has 198 valence electrons. The van der Waals surface area contributed by atoms with Gasteiger partial charge in [0.15, 0.2) is 17.7 Å². The van der Waals surface area contributed by atoms with Gasteiger partial charge < -0.3 is 42.2 Å². The number of amides is 1. The first-order valence-electron chi connectivity index (χ1n) is 11.7. The first kappa shape index (κ1) is 26.4. The van der Waals surface area contributed by atoms with E-state index >= 15 is 0 Å². The third-order valence-corrected chi connectivity index (χ3v) is 6.44. The highest BCUT2D eigenvalue weighted by molar-refractivity contribution is 5.92. The lowest BCUT2D eigenvalue weighted by Gasteiger charge is -2.27. The SMILES string of the molecule is NC(=O)c1cccc(CCN(CC[C@H](N)C(=O)O)C[C@H]2O[C@@H](n3cnc4c(N)ncnc43)[C@H](O)[C@@H]2O)c1. The summed E-state index contributed by atoms with van der Waals surface area (Å²) in [6.07, 6.45) is -0.956. The van der Waals surface area contributed by atoms with Gasteiger partial charge in [0.25, 0.3) is 0 Å². The quantitative estimate of drug-likeness (QED) is 0.171. The average Bonchev–Trinajstić information content (AvgIpc) is 3.42. The smallest absolute Gasteiger partial charge is 0.320 e. The zero-order valence-electron chi connectivity index (χ0n) is 19.9. The number of nitrogens with two attached hydrogens (primary N) is 3. The summed E-state index contributed by atoms with van der Waals surface area (Å²) in [6, 6.07) is 5.85. The Morgan fingerprint density at radius 3 is 2.68 bits per heavy atom. The molecule has 1 aliphatic rings. The molecule has 37 heavy (non-hydrogen) atoms. The number of aliphatic hydroxyl groups excluding tert-OH is 2. The number of carboxylic acids is 1. The number of hydrogen-bond donors (Lipinski definition) is 6. The van der Waals surface area contributed by atoms with Crippen LogP contribution in [0.4, 0.5) is 5.82 Å². The van der Waals surface area contributed by atoms with Crippen molar-refractivity contribution in [2.24, 2.45) is 11.5 Å². The number of hydrogen-bond acceptors (Lipinski definition) is 11. The van der Waals surface area contributed by atoms with Crippen molar-refractivity contribution >= 4 is 28.9 Å². The molecule has 4 rings (SSSR count). The van der Waals surface area contributed by atoms with Gasteiger partial charge in [-0.05, 0) is 30.5 Å². The number of nitrogens with zero attached hydrogens (tertiary/aromatic N) is 5. The molecule has 0 unspecified atom stereocenters. The Hall–Kier alpha value is -3.69. The van der Waals surface area contributed by atoms with E-state index in [-0.39, 0.29) is 18.8 Å². The van der Waals surface area contributed by atoms with Crippen LogP contribution in [0, 0.1) is 0 Å². The molecule has 1 amide bonds. The lowest BCUT2D eigenvalue weighted by Crippen LogP contribution is -2.43. The number of carboxylic acid groups (broad SMARTS) is 1. The van der Waals surface area contributed by atoms with Crippen LogP contribution in [0.15, 0.2) is 36.9 Å². The molecule has 0 spiro atoms. The maximum atomic E-state index is 11.5. The van der Waals surface area contributed by atoms with E-state index in [1.165, 1.54) is 17.2 Å². The molecule has 1 aliphatic heterocycles. The predicted octanol–water partition coefficient (Wildman–Crippen LogP) is -1.53. The molecule has 3 aromatic rings. The fourth-order valence-electron chi connectivity index (χ4n) is 4.33. The van der Waals surface area contributed by atoms with Crippen molar-refractivity contribution in [3.8, 4) is 0 Å². The lowest BCUT2D eigenvalue weighted by molar-refractivity contribution is -0.138. The number of fused-ring (bicyclic) bond motifs is 1. The number of rotatable bonds is 11. The minimum Gasteiger partial charge on any atom is -0.480 e. The van der Waals surface area contributed by atoms with Crippen molar-refractivity contribution in [3.05, 3.63) is 48.0 Å². The first-order valence-corrected chi connectivity index (χ1v) is 11.7. The molecule has 0 bridgehead atoms. The number of primary amides is 1. The zero-order chi connectivity index (χ0) is 26.7. The molecule has 2 aromatic heterocycles. The number of carbonyl (C=O) groups is 2. The van der Waals surface area contributed by atoms with Gasteiger partial charge in [-0.25, -0.2) is 15.0 Å². The highest BCUT2D eigenvalue weighted by Crippen LogP contribution is 2.32. The van der Waals surface area contributed by atoms with Gasteiger partial charge in [0.05, 0.1) is 6.33 Å². The van der Waals surface area contributed by atoms with Gasteiger partial charge in [0, 0.05) is 25.2 Å². The van der Waals surface area contributed by atoms with E-state index in [1.54, 1.807) is 18.2 Å². The van der Waals surface area contributed by atoms with Gasteiger partial charge in [-0.2, -0.15) is 0 Å². The van der Waals surface area contributed by atoms with Crippen LogP contribution in [0.3, 0.4) is 0 Å². The van der Waals surface area contributed by atoms with Crippen molar-refractivity contribution in [2.45, 2.75) is 43.4 Å². The van der Waals surface area contributed by atoms with Crippen molar-refractivity contribution in [1.29, 1.82) is 0 Å². The first-order chi connectivity index (χ1) is 17.7. The van der Waals surface area contributed by atoms with E-state index in [2.05, 4.69) is 15.0 Å². The van der Waals surface area contributed by atoms with Gasteiger partial charge in [-0.1, -0.05) is 12.1 Å². The summed E-state index contributed by atoms with van der Waals surface area (Å²) in [5.74, 6) is -1.47. The third kappa shape index (κ3) is 5.84. The second-order valence-corrected chi connectivity index (χ2v) is 8.98. The Bertz CT molecular complexity index is 1270. The molecule has 0 aliphatic carbocycles. The summed E-state index contributed by atoms with van der Waals surface area (Å²) >= 11 is 0. The van der Waals surface area contributed by atoms with Crippen molar-refractivity contribution < 1.29 is 29.6 Å².